The fraction of sp³-hybridized carbons (Fsp3) is 0.560. The molecule has 3 heterocycles. The first-order chi connectivity index (χ1) is 16.4. The molecule has 0 radical (unpaired) electrons. The van der Waals surface area contributed by atoms with Crippen molar-refractivity contribution in [3.8, 4) is 5.75 Å². The van der Waals surface area contributed by atoms with E-state index in [4.69, 9.17) is 25.6 Å². The second-order valence-electron chi connectivity index (χ2n) is 9.16. The molecule has 0 saturated carbocycles. The van der Waals surface area contributed by atoms with Gasteiger partial charge in [-0.15, -0.1) is 0 Å². The van der Waals surface area contributed by atoms with Gasteiger partial charge >= 0.3 is 0 Å². The van der Waals surface area contributed by atoms with Gasteiger partial charge in [-0.3, -0.25) is 9.59 Å². The Bertz CT molecular complexity index is 1020. The van der Waals surface area contributed by atoms with Crippen molar-refractivity contribution in [3.63, 3.8) is 0 Å². The number of hydrogen-bond donors (Lipinski definition) is 0. The van der Waals surface area contributed by atoms with Crippen LogP contribution in [0.2, 0.25) is 5.02 Å². The molecule has 2 aliphatic heterocycles. The minimum atomic E-state index is -0.511. The largest absolute Gasteiger partial charge is 0.493 e. The molecule has 8 nitrogen and oxygen atoms in total. The molecule has 9 heteroatoms. The highest BCUT2D eigenvalue weighted by atomic mass is 35.5. The average Bonchev–Trinajstić information content (AvgIpc) is 3.23. The minimum Gasteiger partial charge on any atom is -0.493 e. The van der Waals surface area contributed by atoms with Crippen LogP contribution in [0.25, 0.3) is 0 Å². The number of benzene rings is 1. The maximum Gasteiger partial charge on any atom is 0.259 e. The number of nitrogens with zero attached hydrogens (tertiary/aromatic N) is 3. The van der Waals surface area contributed by atoms with Gasteiger partial charge in [-0.1, -0.05) is 29.7 Å². The normalized spacial score (nSPS) is 20.9. The fourth-order valence-electron chi connectivity index (χ4n) is 4.82. The summed E-state index contributed by atoms with van der Waals surface area (Å²) in [5, 5.41) is 4.64. The van der Waals surface area contributed by atoms with E-state index in [0.717, 1.165) is 12.8 Å². The van der Waals surface area contributed by atoms with E-state index < -0.39 is 5.41 Å². The van der Waals surface area contributed by atoms with Crippen molar-refractivity contribution in [2.75, 3.05) is 46.0 Å². The number of piperidine rings is 1. The lowest BCUT2D eigenvalue weighted by Gasteiger charge is -2.43. The van der Waals surface area contributed by atoms with Crippen molar-refractivity contribution in [1.29, 1.82) is 0 Å². The van der Waals surface area contributed by atoms with Crippen LogP contribution in [0.3, 0.4) is 0 Å². The standard InChI is InChI=1S/C25H32ClN3O5/c1-3-21-23(18(2)34-27-21)24(31)29-9-5-8-25(16-29,15-22(30)28-10-12-32-13-11-28)17-33-20-7-4-6-19(26)14-20/h4,6-7,14H,3,5,8-13,15-17H2,1-2H3/t25-/m1/s1. The van der Waals surface area contributed by atoms with Gasteiger partial charge in [0.25, 0.3) is 5.91 Å². The van der Waals surface area contributed by atoms with E-state index in [2.05, 4.69) is 5.16 Å². The third-order valence-corrected chi connectivity index (χ3v) is 6.90. The molecule has 2 aliphatic rings. The van der Waals surface area contributed by atoms with Crippen LogP contribution < -0.4 is 4.74 Å². The third kappa shape index (κ3) is 5.55. The molecule has 0 bridgehead atoms. The van der Waals surface area contributed by atoms with Gasteiger partial charge in [-0.2, -0.15) is 0 Å². The first-order valence-electron chi connectivity index (χ1n) is 11.9. The molecule has 184 valence electrons. The zero-order valence-corrected chi connectivity index (χ0v) is 20.6. The van der Waals surface area contributed by atoms with Crippen molar-refractivity contribution < 1.29 is 23.6 Å². The van der Waals surface area contributed by atoms with E-state index in [1.807, 2.05) is 28.9 Å². The number of aryl methyl sites for hydroxylation is 2. The van der Waals surface area contributed by atoms with Crippen LogP contribution in [-0.2, 0) is 16.0 Å². The second kappa shape index (κ2) is 10.8. The topological polar surface area (TPSA) is 85.1 Å². The number of morpholine rings is 1. The number of halogens is 1. The highest BCUT2D eigenvalue weighted by molar-refractivity contribution is 6.30. The quantitative estimate of drug-likeness (QED) is 0.589. The molecule has 4 rings (SSSR count). The number of hydrogen-bond acceptors (Lipinski definition) is 6. The lowest BCUT2D eigenvalue weighted by Crippen LogP contribution is -2.52. The van der Waals surface area contributed by atoms with Gasteiger partial charge in [0, 0.05) is 43.0 Å². The van der Waals surface area contributed by atoms with Gasteiger partial charge in [-0.05, 0) is 44.4 Å². The molecule has 1 aromatic heterocycles. The molecule has 2 aromatic rings. The Balaban J connectivity index is 1.56. The second-order valence-corrected chi connectivity index (χ2v) is 9.60. The summed E-state index contributed by atoms with van der Waals surface area (Å²) in [7, 11) is 0. The van der Waals surface area contributed by atoms with Crippen LogP contribution in [-0.4, -0.2) is 72.8 Å². The first-order valence-corrected chi connectivity index (χ1v) is 12.3. The highest BCUT2D eigenvalue weighted by Gasteiger charge is 2.42. The third-order valence-electron chi connectivity index (χ3n) is 6.66. The number of amides is 2. The molecule has 2 fully saturated rings. The smallest absolute Gasteiger partial charge is 0.259 e. The van der Waals surface area contributed by atoms with Crippen molar-refractivity contribution in [3.05, 3.63) is 46.3 Å². The fourth-order valence-corrected chi connectivity index (χ4v) is 5.00. The predicted octanol–water partition coefficient (Wildman–Crippen LogP) is 3.75. The summed E-state index contributed by atoms with van der Waals surface area (Å²) < 4.78 is 16.9. The molecule has 2 saturated heterocycles. The number of rotatable bonds is 7. The Morgan fingerprint density at radius 2 is 2.00 bits per heavy atom. The molecule has 0 spiro atoms. The van der Waals surface area contributed by atoms with E-state index in [1.165, 1.54) is 0 Å². The van der Waals surface area contributed by atoms with E-state index >= 15 is 0 Å². The SMILES string of the molecule is CCc1noc(C)c1C(=O)N1CCC[C@@](COc2cccc(Cl)c2)(CC(=O)N2CCOCC2)C1. The van der Waals surface area contributed by atoms with Crippen molar-refractivity contribution in [2.45, 2.75) is 39.5 Å². The van der Waals surface area contributed by atoms with Gasteiger partial charge in [0.2, 0.25) is 5.91 Å². The zero-order chi connectivity index (χ0) is 24.1. The van der Waals surface area contributed by atoms with Crippen LogP contribution in [0, 0.1) is 12.3 Å². The maximum absolute atomic E-state index is 13.5. The first kappa shape index (κ1) is 24.5. The van der Waals surface area contributed by atoms with Crippen LogP contribution >= 0.6 is 11.6 Å². The number of aromatic nitrogens is 1. The average molecular weight is 490 g/mol. The number of likely N-dealkylation sites (tertiary alicyclic amines) is 1. The van der Waals surface area contributed by atoms with Gasteiger partial charge in [-0.25, -0.2) is 0 Å². The van der Waals surface area contributed by atoms with E-state index in [1.54, 1.807) is 19.1 Å². The molecule has 0 unspecified atom stereocenters. The zero-order valence-electron chi connectivity index (χ0n) is 19.8. The summed E-state index contributed by atoms with van der Waals surface area (Å²) >= 11 is 6.13. The van der Waals surface area contributed by atoms with Crippen molar-refractivity contribution in [1.82, 2.24) is 15.0 Å². The van der Waals surface area contributed by atoms with Crippen LogP contribution in [0.4, 0.5) is 0 Å². The monoisotopic (exact) mass is 489 g/mol. The number of ether oxygens (including phenoxy) is 2. The molecule has 2 amide bonds. The Labute approximate surface area is 205 Å². The number of carbonyl (C=O) groups excluding carboxylic acids is 2. The van der Waals surface area contributed by atoms with Crippen molar-refractivity contribution in [2.24, 2.45) is 5.41 Å². The molecule has 1 atom stereocenters. The highest BCUT2D eigenvalue weighted by Crippen LogP contribution is 2.36. The van der Waals surface area contributed by atoms with Crippen LogP contribution in [0.5, 0.6) is 5.75 Å². The summed E-state index contributed by atoms with van der Waals surface area (Å²) in [5.74, 6) is 1.15. The summed E-state index contributed by atoms with van der Waals surface area (Å²) in [6.07, 6.45) is 2.49. The molecular formula is C25H32ClN3O5. The Hall–Kier alpha value is -2.58. The van der Waals surface area contributed by atoms with Gasteiger partial charge in [0.05, 0.1) is 25.5 Å². The summed E-state index contributed by atoms with van der Waals surface area (Å²) in [4.78, 5) is 30.5. The molecule has 1 aromatic carbocycles. The van der Waals surface area contributed by atoms with E-state index in [-0.39, 0.29) is 11.8 Å². The number of carbonyl (C=O) groups is 2. The summed E-state index contributed by atoms with van der Waals surface area (Å²) in [5.41, 5.74) is 0.690. The Kier molecular flexibility index (Phi) is 7.78. The van der Waals surface area contributed by atoms with Gasteiger partial charge < -0.3 is 23.8 Å². The van der Waals surface area contributed by atoms with Crippen LogP contribution in [0.1, 0.15) is 48.0 Å². The summed E-state index contributed by atoms with van der Waals surface area (Å²) in [6, 6.07) is 7.24. The lowest BCUT2D eigenvalue weighted by molar-refractivity contribution is -0.139. The van der Waals surface area contributed by atoms with Crippen molar-refractivity contribution >= 4 is 23.4 Å². The Morgan fingerprint density at radius 3 is 2.74 bits per heavy atom. The molecule has 34 heavy (non-hydrogen) atoms. The lowest BCUT2D eigenvalue weighted by atomic mass is 9.77. The summed E-state index contributed by atoms with van der Waals surface area (Å²) in [6.45, 7) is 7.36. The molecule has 0 N–H and O–H groups in total. The Morgan fingerprint density at radius 1 is 1.21 bits per heavy atom. The molecular weight excluding hydrogens is 458 g/mol. The van der Waals surface area contributed by atoms with E-state index in [9.17, 15) is 9.59 Å². The maximum atomic E-state index is 13.5. The van der Waals surface area contributed by atoms with Gasteiger partial charge in [0.1, 0.15) is 17.1 Å². The molecule has 0 aliphatic carbocycles. The minimum absolute atomic E-state index is 0.0719. The van der Waals surface area contributed by atoms with Gasteiger partial charge in [0.15, 0.2) is 0 Å². The predicted molar refractivity (Wildman–Crippen MR) is 127 cm³/mol. The van der Waals surface area contributed by atoms with Crippen LogP contribution in [0.15, 0.2) is 28.8 Å². The van der Waals surface area contributed by atoms with E-state index in [0.29, 0.717) is 86.6 Å².